The van der Waals surface area contributed by atoms with E-state index in [1.54, 1.807) is 0 Å². The van der Waals surface area contributed by atoms with Crippen LogP contribution in [0, 0.1) is 6.92 Å². The smallest absolute Gasteiger partial charge is 0.119 e. The summed E-state index contributed by atoms with van der Waals surface area (Å²) >= 11 is 1.87. The van der Waals surface area contributed by atoms with E-state index in [1.807, 2.05) is 23.5 Å². The fraction of sp³-hybridized carbons (Fsp3) is 0.500. The number of aryl methyl sites for hydroxylation is 3. The Labute approximate surface area is 136 Å². The van der Waals surface area contributed by atoms with Gasteiger partial charge in [0, 0.05) is 11.4 Å². The van der Waals surface area contributed by atoms with Crippen LogP contribution in [0.4, 0.5) is 0 Å². The maximum Gasteiger partial charge on any atom is 0.119 e. The molecule has 0 fully saturated rings. The normalized spacial score (nSPS) is 16.3. The topological polar surface area (TPSA) is 34.1 Å². The van der Waals surface area contributed by atoms with Crippen molar-refractivity contribution in [2.75, 3.05) is 6.54 Å². The van der Waals surface area contributed by atoms with Crippen LogP contribution in [-0.4, -0.2) is 17.6 Å². The summed E-state index contributed by atoms with van der Waals surface area (Å²) in [5.74, 6) is 0.931. The summed E-state index contributed by atoms with van der Waals surface area (Å²) in [7, 11) is 0. The molecule has 2 atom stereocenters. The Kier molecular flexibility index (Phi) is 4.79. The van der Waals surface area contributed by atoms with Crippen molar-refractivity contribution in [1.82, 2.24) is 10.3 Å². The summed E-state index contributed by atoms with van der Waals surface area (Å²) in [6.07, 6.45) is 3.78. The van der Waals surface area contributed by atoms with Gasteiger partial charge in [0.15, 0.2) is 0 Å². The van der Waals surface area contributed by atoms with Crippen molar-refractivity contribution < 1.29 is 4.74 Å². The zero-order valence-corrected chi connectivity index (χ0v) is 14.4. The molecule has 0 radical (unpaired) electrons. The third-order valence-corrected chi connectivity index (χ3v) is 5.39. The SMILES string of the molecule is Cc1ccc(O[C@@H](C)CN[C@@H](C)c2nc3c(s2)CCC3)cc1. The summed E-state index contributed by atoms with van der Waals surface area (Å²) < 4.78 is 5.94. The molecule has 3 rings (SSSR count). The first-order valence-corrected chi connectivity index (χ1v) is 8.88. The standard InChI is InChI=1S/C18H24N2OS/c1-12-7-9-15(10-8-12)21-13(2)11-19-14(3)18-20-16-5-4-6-17(16)22-18/h7-10,13-14,19H,4-6,11H2,1-3H3/t13-,14-/m0/s1. The van der Waals surface area contributed by atoms with Crippen LogP contribution in [0.15, 0.2) is 24.3 Å². The molecule has 0 spiro atoms. The van der Waals surface area contributed by atoms with Gasteiger partial charge in [0.1, 0.15) is 16.9 Å². The van der Waals surface area contributed by atoms with Crippen LogP contribution in [0.25, 0.3) is 0 Å². The second-order valence-corrected chi connectivity index (χ2v) is 7.26. The first-order valence-electron chi connectivity index (χ1n) is 8.07. The monoisotopic (exact) mass is 316 g/mol. The van der Waals surface area contributed by atoms with Crippen LogP contribution in [0.5, 0.6) is 5.75 Å². The number of ether oxygens (including phenoxy) is 1. The minimum Gasteiger partial charge on any atom is -0.489 e. The first kappa shape index (κ1) is 15.5. The summed E-state index contributed by atoms with van der Waals surface area (Å²) in [5.41, 5.74) is 2.58. The number of fused-ring (bicyclic) bond motifs is 1. The summed E-state index contributed by atoms with van der Waals surface area (Å²) in [5, 5.41) is 4.76. The van der Waals surface area contributed by atoms with E-state index in [9.17, 15) is 0 Å². The molecule has 0 saturated carbocycles. The Balaban J connectivity index is 1.49. The van der Waals surface area contributed by atoms with E-state index in [2.05, 4.69) is 38.2 Å². The molecule has 1 aromatic heterocycles. The summed E-state index contributed by atoms with van der Waals surface area (Å²) in [6.45, 7) is 7.19. The first-order chi connectivity index (χ1) is 10.6. The lowest BCUT2D eigenvalue weighted by Gasteiger charge is -2.18. The van der Waals surface area contributed by atoms with Gasteiger partial charge in [-0.3, -0.25) is 0 Å². The molecule has 4 heteroatoms. The quantitative estimate of drug-likeness (QED) is 0.872. The molecule has 3 nitrogen and oxygen atoms in total. The minimum absolute atomic E-state index is 0.136. The van der Waals surface area contributed by atoms with Crippen molar-refractivity contribution in [3.8, 4) is 5.75 Å². The number of aromatic nitrogens is 1. The van der Waals surface area contributed by atoms with Crippen LogP contribution in [-0.2, 0) is 12.8 Å². The minimum atomic E-state index is 0.136. The van der Waals surface area contributed by atoms with Gasteiger partial charge in [-0.1, -0.05) is 17.7 Å². The number of hydrogen-bond donors (Lipinski definition) is 1. The molecule has 1 aromatic carbocycles. The van der Waals surface area contributed by atoms with Crippen LogP contribution in [0.1, 0.15) is 47.5 Å². The van der Waals surface area contributed by atoms with E-state index >= 15 is 0 Å². The molecule has 22 heavy (non-hydrogen) atoms. The third kappa shape index (κ3) is 3.68. The van der Waals surface area contributed by atoms with Crippen molar-refractivity contribution in [3.63, 3.8) is 0 Å². The van der Waals surface area contributed by atoms with E-state index < -0.39 is 0 Å². The number of thiazole rings is 1. The van der Waals surface area contributed by atoms with Gasteiger partial charge in [-0.05, 0) is 52.2 Å². The molecular weight excluding hydrogens is 292 g/mol. The van der Waals surface area contributed by atoms with E-state index in [1.165, 1.54) is 34.0 Å². The molecule has 1 N–H and O–H groups in total. The van der Waals surface area contributed by atoms with Crippen LogP contribution in [0.3, 0.4) is 0 Å². The van der Waals surface area contributed by atoms with Crippen molar-refractivity contribution in [2.45, 2.75) is 52.2 Å². The molecule has 0 bridgehead atoms. The second-order valence-electron chi connectivity index (χ2n) is 6.15. The lowest BCUT2D eigenvalue weighted by molar-refractivity contribution is 0.212. The number of nitrogens with one attached hydrogen (secondary N) is 1. The molecule has 0 amide bonds. The maximum atomic E-state index is 5.94. The number of nitrogens with zero attached hydrogens (tertiary/aromatic N) is 1. The highest BCUT2D eigenvalue weighted by molar-refractivity contribution is 7.11. The molecular formula is C18H24N2OS. The molecule has 2 aromatic rings. The summed E-state index contributed by atoms with van der Waals surface area (Å²) in [6, 6.07) is 8.51. The van der Waals surface area contributed by atoms with Crippen molar-refractivity contribution in [1.29, 1.82) is 0 Å². The third-order valence-electron chi connectivity index (χ3n) is 4.05. The van der Waals surface area contributed by atoms with Crippen molar-refractivity contribution in [2.24, 2.45) is 0 Å². The van der Waals surface area contributed by atoms with Gasteiger partial charge < -0.3 is 10.1 Å². The van der Waals surface area contributed by atoms with Crippen LogP contribution in [0.2, 0.25) is 0 Å². The Hall–Kier alpha value is -1.39. The van der Waals surface area contributed by atoms with E-state index in [0.717, 1.165) is 18.7 Å². The van der Waals surface area contributed by atoms with Crippen LogP contribution >= 0.6 is 11.3 Å². The van der Waals surface area contributed by atoms with Gasteiger partial charge in [-0.15, -0.1) is 11.3 Å². The average molecular weight is 316 g/mol. The van der Waals surface area contributed by atoms with E-state index in [-0.39, 0.29) is 6.10 Å². The lowest BCUT2D eigenvalue weighted by atomic mass is 10.2. The van der Waals surface area contributed by atoms with Gasteiger partial charge in [-0.2, -0.15) is 0 Å². The highest BCUT2D eigenvalue weighted by Crippen LogP contribution is 2.30. The fourth-order valence-electron chi connectivity index (χ4n) is 2.72. The fourth-order valence-corrected chi connectivity index (χ4v) is 3.90. The highest BCUT2D eigenvalue weighted by atomic mass is 32.1. The Morgan fingerprint density at radius 3 is 2.73 bits per heavy atom. The van der Waals surface area contributed by atoms with Gasteiger partial charge in [-0.25, -0.2) is 4.98 Å². The van der Waals surface area contributed by atoms with Gasteiger partial charge in [0.05, 0.1) is 11.7 Å². The Bertz CT molecular complexity index is 599. The molecule has 0 unspecified atom stereocenters. The Morgan fingerprint density at radius 1 is 1.23 bits per heavy atom. The average Bonchev–Trinajstić information content (AvgIpc) is 3.08. The number of rotatable bonds is 6. The largest absolute Gasteiger partial charge is 0.489 e. The zero-order chi connectivity index (χ0) is 15.5. The van der Waals surface area contributed by atoms with Crippen molar-refractivity contribution in [3.05, 3.63) is 45.4 Å². The zero-order valence-electron chi connectivity index (χ0n) is 13.6. The molecule has 1 heterocycles. The molecule has 0 aliphatic heterocycles. The van der Waals surface area contributed by atoms with Crippen LogP contribution < -0.4 is 10.1 Å². The van der Waals surface area contributed by atoms with E-state index in [4.69, 9.17) is 9.72 Å². The molecule has 1 aliphatic rings. The Morgan fingerprint density at radius 2 is 2.00 bits per heavy atom. The highest BCUT2D eigenvalue weighted by Gasteiger charge is 2.19. The maximum absolute atomic E-state index is 5.94. The van der Waals surface area contributed by atoms with Gasteiger partial charge in [0.25, 0.3) is 0 Å². The predicted octanol–water partition coefficient (Wildman–Crippen LogP) is 4.06. The van der Waals surface area contributed by atoms with E-state index in [0.29, 0.717) is 6.04 Å². The number of benzene rings is 1. The predicted molar refractivity (Wildman–Crippen MR) is 91.8 cm³/mol. The number of hydrogen-bond acceptors (Lipinski definition) is 4. The van der Waals surface area contributed by atoms with Gasteiger partial charge in [0.2, 0.25) is 0 Å². The van der Waals surface area contributed by atoms with Gasteiger partial charge >= 0.3 is 0 Å². The molecule has 1 aliphatic carbocycles. The second kappa shape index (κ2) is 6.80. The molecule has 0 saturated heterocycles. The molecule has 118 valence electrons. The summed E-state index contributed by atoms with van der Waals surface area (Å²) in [4.78, 5) is 6.27. The van der Waals surface area contributed by atoms with Crippen molar-refractivity contribution >= 4 is 11.3 Å². The lowest BCUT2D eigenvalue weighted by Crippen LogP contribution is -2.30.